The van der Waals surface area contributed by atoms with E-state index in [4.69, 9.17) is 0 Å². The molecule has 156 valence electrons. The van der Waals surface area contributed by atoms with E-state index in [2.05, 4.69) is 14.9 Å². The van der Waals surface area contributed by atoms with Crippen molar-refractivity contribution in [3.8, 4) is 0 Å². The van der Waals surface area contributed by atoms with Gasteiger partial charge in [0.1, 0.15) is 6.04 Å². The molecule has 0 saturated carbocycles. The van der Waals surface area contributed by atoms with E-state index >= 15 is 0 Å². The van der Waals surface area contributed by atoms with E-state index in [1.54, 1.807) is 5.38 Å². The van der Waals surface area contributed by atoms with Crippen molar-refractivity contribution in [3.63, 3.8) is 0 Å². The summed E-state index contributed by atoms with van der Waals surface area (Å²) in [6, 6.07) is 14.2. The van der Waals surface area contributed by atoms with Gasteiger partial charge in [0.2, 0.25) is 5.91 Å². The van der Waals surface area contributed by atoms with E-state index in [-0.39, 0.29) is 17.5 Å². The Morgan fingerprint density at radius 3 is 2.30 bits per heavy atom. The van der Waals surface area contributed by atoms with E-state index in [0.717, 1.165) is 22.7 Å². The van der Waals surface area contributed by atoms with E-state index < -0.39 is 11.6 Å². The summed E-state index contributed by atoms with van der Waals surface area (Å²) >= 11 is 1.10. The normalized spacial score (nSPS) is 12.3. The third-order valence-corrected chi connectivity index (χ3v) is 5.19. The number of aromatic nitrogens is 2. The average Bonchev–Trinajstić information content (AvgIpc) is 3.22. The molecule has 0 fully saturated rings. The maximum Gasteiger partial charge on any atom is 0.280 e. The summed E-state index contributed by atoms with van der Waals surface area (Å²) in [5.74, 6) is -0.631. The van der Waals surface area contributed by atoms with Gasteiger partial charge in [-0.2, -0.15) is 0 Å². The molecule has 3 aromatic rings. The minimum Gasteiger partial charge on any atom is -0.349 e. The van der Waals surface area contributed by atoms with Crippen molar-refractivity contribution >= 4 is 29.0 Å². The molecule has 0 radical (unpaired) electrons. The minimum atomic E-state index is -0.860. The van der Waals surface area contributed by atoms with Crippen LogP contribution in [0.4, 0.5) is 5.69 Å². The lowest BCUT2D eigenvalue weighted by Gasteiger charge is -2.33. The zero-order chi connectivity index (χ0) is 21.9. The van der Waals surface area contributed by atoms with Crippen molar-refractivity contribution in [1.82, 2.24) is 14.9 Å². The Morgan fingerprint density at radius 2 is 1.73 bits per heavy atom. The summed E-state index contributed by atoms with van der Waals surface area (Å²) < 4.78 is 3.83. The Morgan fingerprint density at radius 1 is 1.03 bits per heavy atom. The number of amides is 2. The molecule has 1 atom stereocenters. The predicted molar refractivity (Wildman–Crippen MR) is 120 cm³/mol. The summed E-state index contributed by atoms with van der Waals surface area (Å²) in [5.41, 5.74) is 3.25. The van der Waals surface area contributed by atoms with E-state index in [1.807, 2.05) is 83.1 Å². The van der Waals surface area contributed by atoms with Gasteiger partial charge in [-0.3, -0.25) is 14.5 Å². The molecule has 0 unspecified atom stereocenters. The van der Waals surface area contributed by atoms with Crippen LogP contribution < -0.4 is 10.2 Å². The van der Waals surface area contributed by atoms with Gasteiger partial charge in [0, 0.05) is 16.6 Å². The number of rotatable bonds is 5. The average molecular weight is 423 g/mol. The second kappa shape index (κ2) is 8.75. The molecule has 0 aliphatic rings. The summed E-state index contributed by atoms with van der Waals surface area (Å²) in [7, 11) is 0. The predicted octanol–water partition coefficient (Wildman–Crippen LogP) is 4.46. The quantitative estimate of drug-likeness (QED) is 0.659. The van der Waals surface area contributed by atoms with Gasteiger partial charge in [-0.15, -0.1) is 5.10 Å². The molecule has 7 heteroatoms. The lowest BCUT2D eigenvalue weighted by molar-refractivity contribution is -0.123. The number of nitrogens with zero attached hydrogens (tertiary/aromatic N) is 3. The van der Waals surface area contributed by atoms with Gasteiger partial charge >= 0.3 is 0 Å². The third kappa shape index (κ3) is 4.91. The zero-order valence-corrected chi connectivity index (χ0v) is 18.7. The van der Waals surface area contributed by atoms with Crippen LogP contribution in [0, 0.1) is 13.8 Å². The SMILES string of the molecule is Cc1ccc(N(C(=O)c2csnn2)[C@@H](C(=O)NC(C)(C)C)c2ccccc2)cc1C. The maximum absolute atomic E-state index is 13.5. The highest BCUT2D eigenvalue weighted by Crippen LogP contribution is 2.31. The van der Waals surface area contributed by atoms with Crippen LogP contribution in [0.3, 0.4) is 0 Å². The van der Waals surface area contributed by atoms with Crippen molar-refractivity contribution in [2.75, 3.05) is 4.90 Å². The second-order valence-corrected chi connectivity index (χ2v) is 8.90. The monoisotopic (exact) mass is 422 g/mol. The molecule has 1 heterocycles. The van der Waals surface area contributed by atoms with Gasteiger partial charge in [0.05, 0.1) is 0 Å². The number of hydrogen-bond acceptors (Lipinski definition) is 5. The first kappa shape index (κ1) is 21.6. The van der Waals surface area contributed by atoms with Gasteiger partial charge in [-0.05, 0) is 75.0 Å². The Bertz CT molecular complexity index is 1030. The Labute approximate surface area is 181 Å². The van der Waals surface area contributed by atoms with Gasteiger partial charge in [0.15, 0.2) is 5.69 Å². The van der Waals surface area contributed by atoms with Crippen LogP contribution in [-0.4, -0.2) is 26.9 Å². The fourth-order valence-corrected chi connectivity index (χ4v) is 3.56. The number of carbonyl (C=O) groups is 2. The number of anilines is 1. The lowest BCUT2D eigenvalue weighted by Crippen LogP contribution is -2.49. The molecular weight excluding hydrogens is 396 g/mol. The number of benzene rings is 2. The number of hydrogen-bond donors (Lipinski definition) is 1. The smallest absolute Gasteiger partial charge is 0.280 e. The standard InChI is InChI=1S/C23H26N4O2S/c1-15-11-12-18(13-16(15)2)27(22(29)19-14-30-26-25-19)20(17-9-7-6-8-10-17)21(28)24-23(3,4)5/h6-14,20H,1-5H3,(H,24,28)/t20-/m1/s1. The molecule has 0 saturated heterocycles. The van der Waals surface area contributed by atoms with Gasteiger partial charge in [-0.1, -0.05) is 40.9 Å². The van der Waals surface area contributed by atoms with E-state index in [9.17, 15) is 9.59 Å². The van der Waals surface area contributed by atoms with Crippen molar-refractivity contribution in [3.05, 3.63) is 76.3 Å². The highest BCUT2D eigenvalue weighted by Gasteiger charge is 2.35. The van der Waals surface area contributed by atoms with E-state index in [1.165, 1.54) is 4.90 Å². The van der Waals surface area contributed by atoms with E-state index in [0.29, 0.717) is 11.3 Å². The number of aryl methyl sites for hydroxylation is 2. The Kier molecular flexibility index (Phi) is 6.31. The first-order valence-corrected chi connectivity index (χ1v) is 10.6. The molecule has 2 aromatic carbocycles. The van der Waals surface area contributed by atoms with Crippen LogP contribution in [0.25, 0.3) is 0 Å². The number of carbonyl (C=O) groups excluding carboxylic acids is 2. The highest BCUT2D eigenvalue weighted by atomic mass is 32.1. The van der Waals surface area contributed by atoms with Crippen LogP contribution in [0.1, 0.15) is 54.0 Å². The largest absolute Gasteiger partial charge is 0.349 e. The van der Waals surface area contributed by atoms with Crippen molar-refractivity contribution in [1.29, 1.82) is 0 Å². The Balaban J connectivity index is 2.18. The molecule has 30 heavy (non-hydrogen) atoms. The number of nitrogens with one attached hydrogen (secondary N) is 1. The highest BCUT2D eigenvalue weighted by molar-refractivity contribution is 7.03. The zero-order valence-electron chi connectivity index (χ0n) is 17.8. The van der Waals surface area contributed by atoms with Crippen LogP contribution in [-0.2, 0) is 4.79 Å². The molecule has 1 aromatic heterocycles. The topological polar surface area (TPSA) is 75.2 Å². The summed E-state index contributed by atoms with van der Waals surface area (Å²) in [5, 5.41) is 8.58. The Hall–Kier alpha value is -3.06. The van der Waals surface area contributed by atoms with Crippen LogP contribution in [0.2, 0.25) is 0 Å². The molecule has 6 nitrogen and oxygen atoms in total. The molecule has 0 bridgehead atoms. The molecule has 0 aliphatic heterocycles. The fourth-order valence-electron chi connectivity index (χ4n) is 3.13. The van der Waals surface area contributed by atoms with Crippen molar-refractivity contribution < 1.29 is 9.59 Å². The molecule has 2 amide bonds. The molecule has 0 spiro atoms. The first-order chi connectivity index (χ1) is 14.2. The van der Waals surface area contributed by atoms with Crippen molar-refractivity contribution in [2.24, 2.45) is 0 Å². The molecule has 1 N–H and O–H groups in total. The van der Waals surface area contributed by atoms with Crippen LogP contribution in [0.15, 0.2) is 53.9 Å². The van der Waals surface area contributed by atoms with Crippen LogP contribution >= 0.6 is 11.5 Å². The maximum atomic E-state index is 13.5. The van der Waals surface area contributed by atoms with Gasteiger partial charge in [-0.25, -0.2) is 0 Å². The van der Waals surface area contributed by atoms with Gasteiger partial charge in [0.25, 0.3) is 5.91 Å². The first-order valence-electron chi connectivity index (χ1n) is 9.72. The summed E-state index contributed by atoms with van der Waals surface area (Å²) in [6.45, 7) is 9.74. The van der Waals surface area contributed by atoms with Gasteiger partial charge < -0.3 is 5.32 Å². The lowest BCUT2D eigenvalue weighted by atomic mass is 9.99. The van der Waals surface area contributed by atoms with Crippen LogP contribution in [0.5, 0.6) is 0 Å². The summed E-state index contributed by atoms with van der Waals surface area (Å²) in [6.07, 6.45) is 0. The fraction of sp³-hybridized carbons (Fsp3) is 0.304. The molecule has 3 rings (SSSR count). The summed E-state index contributed by atoms with van der Waals surface area (Å²) in [4.78, 5) is 28.5. The third-order valence-electron chi connectivity index (χ3n) is 4.69. The second-order valence-electron chi connectivity index (χ2n) is 8.29. The molecular formula is C23H26N4O2S. The molecule has 0 aliphatic carbocycles. The van der Waals surface area contributed by atoms with Crippen molar-refractivity contribution in [2.45, 2.75) is 46.2 Å². The minimum absolute atomic E-state index is 0.211.